The zero-order valence-corrected chi connectivity index (χ0v) is 18.1. The van der Waals surface area contributed by atoms with E-state index in [-0.39, 0.29) is 18.1 Å². The molecule has 2 heterocycles. The van der Waals surface area contributed by atoms with Crippen molar-refractivity contribution >= 4 is 35.3 Å². The molecule has 0 saturated carbocycles. The molecule has 0 aliphatic carbocycles. The summed E-state index contributed by atoms with van der Waals surface area (Å²) in [5.41, 5.74) is 2.64. The molecule has 0 spiro atoms. The Morgan fingerprint density at radius 3 is 2.32 bits per heavy atom. The molecule has 0 aliphatic heterocycles. The third kappa shape index (κ3) is 4.17. The molecule has 0 unspecified atom stereocenters. The smallest absolute Gasteiger partial charge is 0.329 e. The van der Waals surface area contributed by atoms with Gasteiger partial charge in [0.15, 0.2) is 5.82 Å². The van der Waals surface area contributed by atoms with Crippen molar-refractivity contribution < 1.29 is 23.1 Å². The number of hydrogen-bond donors (Lipinski definition) is 2. The van der Waals surface area contributed by atoms with E-state index in [0.29, 0.717) is 33.8 Å². The van der Waals surface area contributed by atoms with E-state index in [0.717, 1.165) is 11.6 Å². The minimum atomic E-state index is -4.17. The first-order valence-corrected chi connectivity index (χ1v) is 11.3. The molecule has 162 valence electrons. The monoisotopic (exact) mass is 446 g/mol. The molecule has 4 rings (SSSR count). The number of hydrogen-bond acceptors (Lipinski definition) is 4. The van der Waals surface area contributed by atoms with Crippen molar-refractivity contribution in [2.45, 2.75) is 19.6 Å². The van der Waals surface area contributed by atoms with Crippen molar-refractivity contribution in [3.63, 3.8) is 0 Å². The zero-order valence-electron chi connectivity index (χ0n) is 17.2. The lowest BCUT2D eigenvalue weighted by atomic mass is 10.1. The SMILES string of the molecule is Cc1nc(N(C)C)c2c(n1)c1c(F)cc(F)cc1n2Cc1ccc(CP(=O)(O)O)cc1. The van der Waals surface area contributed by atoms with Crippen LogP contribution in [0.2, 0.25) is 0 Å². The van der Waals surface area contributed by atoms with E-state index in [1.54, 1.807) is 40.7 Å². The van der Waals surface area contributed by atoms with Gasteiger partial charge in [-0.25, -0.2) is 18.7 Å². The molecule has 10 heteroatoms. The first-order chi connectivity index (χ1) is 14.5. The maximum absolute atomic E-state index is 14.8. The summed E-state index contributed by atoms with van der Waals surface area (Å²) in [6.45, 7) is 1.99. The summed E-state index contributed by atoms with van der Waals surface area (Å²) >= 11 is 0. The van der Waals surface area contributed by atoms with E-state index >= 15 is 0 Å². The molecule has 0 bridgehead atoms. The standard InChI is InChI=1S/C21H21F2N4O3P/c1-12-24-19-18-16(23)8-15(22)9-17(18)27(20(19)21(25-12)26(2)3)10-13-4-6-14(7-5-13)11-31(28,29)30/h4-9H,10-11H2,1-3H3,(H2,28,29,30). The van der Waals surface area contributed by atoms with Crippen LogP contribution in [0.3, 0.4) is 0 Å². The number of halogens is 2. The number of benzene rings is 2. The molecular weight excluding hydrogens is 425 g/mol. The molecule has 2 aromatic heterocycles. The van der Waals surface area contributed by atoms with Crippen molar-refractivity contribution in [1.82, 2.24) is 14.5 Å². The fourth-order valence-electron chi connectivity index (χ4n) is 3.75. The van der Waals surface area contributed by atoms with E-state index in [1.165, 1.54) is 6.07 Å². The Kier molecular flexibility index (Phi) is 5.29. The largest absolute Gasteiger partial charge is 0.361 e. The molecule has 7 nitrogen and oxygen atoms in total. The predicted molar refractivity (Wildman–Crippen MR) is 115 cm³/mol. The van der Waals surface area contributed by atoms with Gasteiger partial charge in [0.1, 0.15) is 28.5 Å². The normalized spacial score (nSPS) is 12.1. The van der Waals surface area contributed by atoms with Crippen LogP contribution >= 0.6 is 7.60 Å². The molecule has 0 radical (unpaired) electrons. The fourth-order valence-corrected chi connectivity index (χ4v) is 4.44. The highest BCUT2D eigenvalue weighted by Gasteiger charge is 2.22. The number of rotatable bonds is 5. The Morgan fingerprint density at radius 1 is 1.06 bits per heavy atom. The molecule has 2 aromatic carbocycles. The van der Waals surface area contributed by atoms with Gasteiger partial charge in [0.2, 0.25) is 0 Å². The summed E-state index contributed by atoms with van der Waals surface area (Å²) in [4.78, 5) is 29.1. The van der Waals surface area contributed by atoms with Gasteiger partial charge in [-0.1, -0.05) is 24.3 Å². The van der Waals surface area contributed by atoms with Crippen molar-refractivity contribution in [2.75, 3.05) is 19.0 Å². The first-order valence-electron chi connectivity index (χ1n) is 9.49. The van der Waals surface area contributed by atoms with E-state index in [4.69, 9.17) is 9.79 Å². The molecule has 0 aliphatic rings. The number of fused-ring (bicyclic) bond motifs is 3. The Bertz CT molecular complexity index is 1350. The highest BCUT2D eigenvalue weighted by molar-refractivity contribution is 7.50. The average Bonchev–Trinajstić information content (AvgIpc) is 2.94. The molecular formula is C21H21F2N4O3P. The number of aromatic nitrogens is 3. The minimum absolute atomic E-state index is 0.225. The van der Waals surface area contributed by atoms with Crippen LogP contribution in [0.25, 0.3) is 21.9 Å². The highest BCUT2D eigenvalue weighted by Crippen LogP contribution is 2.39. The maximum Gasteiger partial charge on any atom is 0.329 e. The third-order valence-electron chi connectivity index (χ3n) is 4.98. The molecule has 0 atom stereocenters. The van der Waals surface area contributed by atoms with Crippen LogP contribution in [-0.4, -0.2) is 38.4 Å². The number of aryl methyl sites for hydroxylation is 1. The summed E-state index contributed by atoms with van der Waals surface area (Å²) in [6.07, 6.45) is -0.350. The van der Waals surface area contributed by atoms with Crippen molar-refractivity contribution in [2.24, 2.45) is 0 Å². The van der Waals surface area contributed by atoms with Crippen LogP contribution in [0.4, 0.5) is 14.6 Å². The molecule has 4 aromatic rings. The molecule has 0 saturated heterocycles. The Labute approximate surface area is 177 Å². The van der Waals surface area contributed by atoms with E-state index in [1.807, 2.05) is 14.1 Å². The van der Waals surface area contributed by atoms with Crippen molar-refractivity contribution in [1.29, 1.82) is 0 Å². The molecule has 0 amide bonds. The van der Waals surface area contributed by atoms with Crippen molar-refractivity contribution in [3.05, 3.63) is 65.0 Å². The number of nitrogens with zero attached hydrogens (tertiary/aromatic N) is 4. The second-order valence-corrected chi connectivity index (χ2v) is 9.34. The summed E-state index contributed by atoms with van der Waals surface area (Å²) in [6, 6.07) is 8.87. The average molecular weight is 446 g/mol. The van der Waals surface area contributed by atoms with Crippen molar-refractivity contribution in [3.8, 4) is 0 Å². The summed E-state index contributed by atoms with van der Waals surface area (Å²) in [5.74, 6) is -0.335. The predicted octanol–water partition coefficient (Wildman–Crippen LogP) is 3.96. The van der Waals surface area contributed by atoms with Gasteiger partial charge in [-0.15, -0.1) is 0 Å². The maximum atomic E-state index is 14.8. The molecule has 31 heavy (non-hydrogen) atoms. The van der Waals surface area contributed by atoms with Gasteiger partial charge in [0.05, 0.1) is 17.1 Å². The zero-order chi connectivity index (χ0) is 22.5. The van der Waals surface area contributed by atoms with Crippen LogP contribution in [0.5, 0.6) is 0 Å². The summed E-state index contributed by atoms with van der Waals surface area (Å²) < 4.78 is 41.9. The topological polar surface area (TPSA) is 91.5 Å². The van der Waals surface area contributed by atoms with E-state index < -0.39 is 19.2 Å². The minimum Gasteiger partial charge on any atom is -0.361 e. The van der Waals surface area contributed by atoms with Gasteiger partial charge in [-0.05, 0) is 24.1 Å². The van der Waals surface area contributed by atoms with Gasteiger partial charge < -0.3 is 19.3 Å². The Hall–Kier alpha value is -2.87. The number of anilines is 1. The Morgan fingerprint density at radius 2 is 1.71 bits per heavy atom. The summed E-state index contributed by atoms with van der Waals surface area (Å²) in [7, 11) is -0.535. The van der Waals surface area contributed by atoms with Gasteiger partial charge in [0, 0.05) is 26.7 Å². The lowest BCUT2D eigenvalue weighted by Gasteiger charge is -2.16. The Balaban J connectivity index is 1.93. The molecule has 0 fully saturated rings. The lowest BCUT2D eigenvalue weighted by Crippen LogP contribution is -2.14. The van der Waals surface area contributed by atoms with Crippen LogP contribution in [-0.2, 0) is 17.3 Å². The van der Waals surface area contributed by atoms with E-state index in [2.05, 4.69) is 9.97 Å². The van der Waals surface area contributed by atoms with E-state index in [9.17, 15) is 13.3 Å². The van der Waals surface area contributed by atoms with Gasteiger partial charge in [-0.3, -0.25) is 4.57 Å². The third-order valence-corrected chi connectivity index (χ3v) is 5.76. The van der Waals surface area contributed by atoms with Gasteiger partial charge in [-0.2, -0.15) is 0 Å². The lowest BCUT2D eigenvalue weighted by molar-refractivity contribution is 0.371. The van der Waals surface area contributed by atoms with Crippen LogP contribution in [0, 0.1) is 18.6 Å². The van der Waals surface area contributed by atoms with Crippen LogP contribution in [0.1, 0.15) is 17.0 Å². The van der Waals surface area contributed by atoms with Crippen LogP contribution in [0.15, 0.2) is 36.4 Å². The second-order valence-electron chi connectivity index (χ2n) is 7.69. The molecule has 2 N–H and O–H groups in total. The second kappa shape index (κ2) is 7.67. The fraction of sp³-hybridized carbons (Fsp3) is 0.238. The van der Waals surface area contributed by atoms with Crippen LogP contribution < -0.4 is 4.90 Å². The van der Waals surface area contributed by atoms with Gasteiger partial charge in [0.25, 0.3) is 0 Å². The van der Waals surface area contributed by atoms with Gasteiger partial charge >= 0.3 is 7.60 Å². The highest BCUT2D eigenvalue weighted by atomic mass is 31.2. The quantitative estimate of drug-likeness (QED) is 0.451. The first kappa shape index (κ1) is 21.4. The summed E-state index contributed by atoms with van der Waals surface area (Å²) in [5, 5.41) is 0.225.